The zero-order valence-corrected chi connectivity index (χ0v) is 17.8. The molecule has 8 heteroatoms. The molecule has 0 radical (unpaired) electrons. The van der Waals surface area contributed by atoms with Gasteiger partial charge in [-0.2, -0.15) is 0 Å². The molecule has 1 N–H and O–H groups in total. The lowest BCUT2D eigenvalue weighted by Gasteiger charge is -2.27. The average Bonchev–Trinajstić information content (AvgIpc) is 2.74. The molecule has 0 aliphatic carbocycles. The Hall–Kier alpha value is -3.16. The van der Waals surface area contributed by atoms with Gasteiger partial charge in [0.25, 0.3) is 11.8 Å². The number of hydrogen-bond acceptors (Lipinski definition) is 5. The predicted molar refractivity (Wildman–Crippen MR) is 119 cm³/mol. The molecule has 0 bridgehead atoms. The normalized spacial score (nSPS) is 15.2. The van der Waals surface area contributed by atoms with Crippen molar-refractivity contribution in [1.29, 1.82) is 0 Å². The summed E-state index contributed by atoms with van der Waals surface area (Å²) in [5.74, 6) is -0.0260. The smallest absolute Gasteiger partial charge is 0.265 e. The first-order chi connectivity index (χ1) is 14.4. The van der Waals surface area contributed by atoms with Gasteiger partial charge in [0.1, 0.15) is 12.2 Å². The fourth-order valence-electron chi connectivity index (χ4n) is 2.79. The number of thiocarbonyl (C=S) groups is 1. The van der Waals surface area contributed by atoms with Gasteiger partial charge >= 0.3 is 0 Å². The Labute approximate surface area is 184 Å². The molecular formula is C22H19ClN2O4S. The van der Waals surface area contributed by atoms with Crippen LogP contribution in [0.25, 0.3) is 6.08 Å². The molecule has 2 aromatic rings. The van der Waals surface area contributed by atoms with Crippen LogP contribution in [0, 0.1) is 0 Å². The quantitative estimate of drug-likeness (QED) is 0.306. The Morgan fingerprint density at radius 1 is 1.17 bits per heavy atom. The molecule has 6 nitrogen and oxygen atoms in total. The van der Waals surface area contributed by atoms with E-state index in [4.69, 9.17) is 33.3 Å². The molecule has 30 heavy (non-hydrogen) atoms. The number of carbonyl (C=O) groups is 2. The van der Waals surface area contributed by atoms with Crippen LogP contribution in [0.15, 0.2) is 60.7 Å². The number of nitrogens with one attached hydrogen (secondary N) is 1. The van der Waals surface area contributed by atoms with Gasteiger partial charge in [0.2, 0.25) is 0 Å². The van der Waals surface area contributed by atoms with Gasteiger partial charge in [0.15, 0.2) is 16.6 Å². The number of halogens is 1. The van der Waals surface area contributed by atoms with Crippen molar-refractivity contribution in [2.45, 2.75) is 6.61 Å². The summed E-state index contributed by atoms with van der Waals surface area (Å²) in [6.45, 7) is 4.15. The zero-order valence-electron chi connectivity index (χ0n) is 16.2. The summed E-state index contributed by atoms with van der Waals surface area (Å²) < 4.78 is 11.2. The minimum atomic E-state index is -0.549. The Morgan fingerprint density at radius 3 is 2.57 bits per heavy atom. The van der Waals surface area contributed by atoms with E-state index in [1.165, 1.54) is 24.2 Å². The average molecular weight is 443 g/mol. The van der Waals surface area contributed by atoms with E-state index in [0.29, 0.717) is 28.7 Å². The van der Waals surface area contributed by atoms with E-state index in [-0.39, 0.29) is 17.2 Å². The zero-order chi connectivity index (χ0) is 21.7. The lowest BCUT2D eigenvalue weighted by molar-refractivity contribution is -0.128. The van der Waals surface area contributed by atoms with E-state index in [1.807, 2.05) is 12.1 Å². The van der Waals surface area contributed by atoms with Crippen molar-refractivity contribution in [1.82, 2.24) is 10.2 Å². The van der Waals surface area contributed by atoms with Crippen molar-refractivity contribution in [3.8, 4) is 11.5 Å². The molecule has 154 valence electrons. The minimum Gasteiger partial charge on any atom is -0.493 e. The first-order valence-corrected chi connectivity index (χ1v) is 9.76. The van der Waals surface area contributed by atoms with E-state index in [0.717, 1.165) is 5.56 Å². The van der Waals surface area contributed by atoms with Crippen molar-refractivity contribution < 1.29 is 19.1 Å². The highest BCUT2D eigenvalue weighted by molar-refractivity contribution is 7.80. The molecular weight excluding hydrogens is 424 g/mol. The minimum absolute atomic E-state index is 0.0256. The standard InChI is InChI=1S/C22H19ClN2O4S/c1-3-10-25-21(27)17(20(26)24-22(25)30)11-15-6-9-18(19(12-15)28-2)29-13-14-4-7-16(23)8-5-14/h3-9,11-12H,1,10,13H2,2H3,(H,24,26,30)/b17-11+. The molecule has 0 saturated carbocycles. The van der Waals surface area contributed by atoms with Crippen molar-refractivity contribution in [2.75, 3.05) is 13.7 Å². The largest absolute Gasteiger partial charge is 0.493 e. The van der Waals surface area contributed by atoms with Gasteiger partial charge in [-0.05, 0) is 53.7 Å². The van der Waals surface area contributed by atoms with Crippen molar-refractivity contribution >= 4 is 46.8 Å². The number of benzene rings is 2. The fraction of sp³-hybridized carbons (Fsp3) is 0.136. The van der Waals surface area contributed by atoms with E-state index in [9.17, 15) is 9.59 Å². The molecule has 1 aliphatic rings. The van der Waals surface area contributed by atoms with Gasteiger partial charge in [-0.25, -0.2) is 0 Å². The third kappa shape index (κ3) is 4.87. The molecule has 0 spiro atoms. The Balaban J connectivity index is 1.82. The lowest BCUT2D eigenvalue weighted by Crippen LogP contribution is -2.53. The number of amides is 2. The summed E-state index contributed by atoms with van der Waals surface area (Å²) in [7, 11) is 1.52. The molecule has 0 aromatic heterocycles. The van der Waals surface area contributed by atoms with Crippen molar-refractivity contribution in [3.63, 3.8) is 0 Å². The second-order valence-electron chi connectivity index (χ2n) is 6.35. The highest BCUT2D eigenvalue weighted by Gasteiger charge is 2.32. The van der Waals surface area contributed by atoms with Crippen LogP contribution in [0.4, 0.5) is 0 Å². The number of carbonyl (C=O) groups excluding carboxylic acids is 2. The Bertz CT molecular complexity index is 1030. The third-order valence-corrected chi connectivity index (χ3v) is 4.88. The van der Waals surface area contributed by atoms with Gasteiger partial charge in [0.05, 0.1) is 7.11 Å². The first kappa shape index (κ1) is 21.5. The maximum absolute atomic E-state index is 12.6. The Morgan fingerprint density at radius 2 is 1.90 bits per heavy atom. The molecule has 1 aliphatic heterocycles. The number of methoxy groups -OCH3 is 1. The molecule has 0 atom stereocenters. The van der Waals surface area contributed by atoms with Gasteiger partial charge in [0, 0.05) is 11.6 Å². The van der Waals surface area contributed by atoms with Gasteiger partial charge in [-0.3, -0.25) is 19.8 Å². The predicted octanol–water partition coefficient (Wildman–Crippen LogP) is 3.74. The molecule has 2 amide bonds. The molecule has 1 heterocycles. The topological polar surface area (TPSA) is 67.9 Å². The summed E-state index contributed by atoms with van der Waals surface area (Å²) in [4.78, 5) is 26.2. The van der Waals surface area contributed by atoms with E-state index >= 15 is 0 Å². The van der Waals surface area contributed by atoms with Crippen LogP contribution in [-0.2, 0) is 16.2 Å². The molecule has 1 fully saturated rings. The SMILES string of the molecule is C=CCN1C(=O)/C(=C/c2ccc(OCc3ccc(Cl)cc3)c(OC)c2)C(=O)NC1=S. The summed E-state index contributed by atoms with van der Waals surface area (Å²) in [6.07, 6.45) is 3.02. The second kappa shape index (κ2) is 9.56. The summed E-state index contributed by atoms with van der Waals surface area (Å²) in [5.41, 5.74) is 1.54. The van der Waals surface area contributed by atoms with Crippen LogP contribution in [0.5, 0.6) is 11.5 Å². The van der Waals surface area contributed by atoms with Crippen LogP contribution in [0.2, 0.25) is 5.02 Å². The molecule has 2 aromatic carbocycles. The number of ether oxygens (including phenoxy) is 2. The number of hydrogen-bond donors (Lipinski definition) is 1. The van der Waals surface area contributed by atoms with E-state index < -0.39 is 11.8 Å². The highest BCUT2D eigenvalue weighted by atomic mass is 35.5. The summed E-state index contributed by atoms with van der Waals surface area (Å²) >= 11 is 10.9. The van der Waals surface area contributed by atoms with Gasteiger partial charge < -0.3 is 9.47 Å². The first-order valence-electron chi connectivity index (χ1n) is 8.98. The summed E-state index contributed by atoms with van der Waals surface area (Å²) in [5, 5.41) is 3.23. The van der Waals surface area contributed by atoms with Crippen LogP contribution in [-0.4, -0.2) is 35.5 Å². The Kier molecular flexibility index (Phi) is 6.87. The maximum atomic E-state index is 12.6. The number of rotatable bonds is 7. The van der Waals surface area contributed by atoms with Crippen LogP contribution in [0.3, 0.4) is 0 Å². The van der Waals surface area contributed by atoms with Gasteiger partial charge in [-0.1, -0.05) is 35.9 Å². The van der Waals surface area contributed by atoms with Crippen molar-refractivity contribution in [2.24, 2.45) is 0 Å². The van der Waals surface area contributed by atoms with E-state index in [2.05, 4.69) is 11.9 Å². The fourth-order valence-corrected chi connectivity index (χ4v) is 3.17. The van der Waals surface area contributed by atoms with Crippen LogP contribution < -0.4 is 14.8 Å². The number of nitrogens with zero attached hydrogens (tertiary/aromatic N) is 1. The van der Waals surface area contributed by atoms with Crippen molar-refractivity contribution in [3.05, 3.63) is 76.8 Å². The second-order valence-corrected chi connectivity index (χ2v) is 7.17. The maximum Gasteiger partial charge on any atom is 0.265 e. The van der Waals surface area contributed by atoms with Gasteiger partial charge in [-0.15, -0.1) is 6.58 Å². The molecule has 0 unspecified atom stereocenters. The molecule has 1 saturated heterocycles. The lowest BCUT2D eigenvalue weighted by atomic mass is 10.1. The molecule has 3 rings (SSSR count). The third-order valence-electron chi connectivity index (χ3n) is 4.30. The monoisotopic (exact) mass is 442 g/mol. The summed E-state index contributed by atoms with van der Waals surface area (Å²) in [6, 6.07) is 12.5. The highest BCUT2D eigenvalue weighted by Crippen LogP contribution is 2.30. The van der Waals surface area contributed by atoms with Crippen LogP contribution >= 0.6 is 23.8 Å². The van der Waals surface area contributed by atoms with Crippen LogP contribution in [0.1, 0.15) is 11.1 Å². The van der Waals surface area contributed by atoms with E-state index in [1.54, 1.807) is 30.3 Å².